The van der Waals surface area contributed by atoms with E-state index in [0.717, 1.165) is 6.42 Å². The summed E-state index contributed by atoms with van der Waals surface area (Å²) in [5.41, 5.74) is 1.37. The van der Waals surface area contributed by atoms with Crippen LogP contribution < -0.4 is 0 Å². The number of halogens is 1. The molecule has 0 spiro atoms. The van der Waals surface area contributed by atoms with Crippen molar-refractivity contribution >= 4 is 15.9 Å². The third-order valence-corrected chi connectivity index (χ3v) is 5.00. The Morgan fingerprint density at radius 2 is 2.00 bits per heavy atom. The topological polar surface area (TPSA) is 9.23 Å². The van der Waals surface area contributed by atoms with Crippen LogP contribution in [-0.2, 0) is 4.74 Å². The van der Waals surface area contributed by atoms with Gasteiger partial charge in [0, 0.05) is 4.83 Å². The Hall–Kier alpha value is -0.340. The number of alkyl halides is 1. The summed E-state index contributed by atoms with van der Waals surface area (Å²) in [7, 11) is 0. The minimum Gasteiger partial charge on any atom is -0.375 e. The summed E-state index contributed by atoms with van der Waals surface area (Å²) >= 11 is 3.82. The second-order valence-electron chi connectivity index (χ2n) is 5.17. The molecular weight excluding hydrogens is 276 g/mol. The lowest BCUT2D eigenvalue weighted by molar-refractivity contribution is 0.0423. The maximum Gasteiger partial charge on any atom is 0.0582 e. The van der Waals surface area contributed by atoms with E-state index >= 15 is 0 Å². The number of rotatable bonds is 4. The maximum atomic E-state index is 5.90. The van der Waals surface area contributed by atoms with E-state index in [2.05, 4.69) is 60.1 Å². The van der Waals surface area contributed by atoms with Crippen molar-refractivity contribution in [3.8, 4) is 0 Å². The number of ether oxygens (including phenoxy) is 1. The van der Waals surface area contributed by atoms with Gasteiger partial charge in [0.2, 0.25) is 0 Å². The summed E-state index contributed by atoms with van der Waals surface area (Å²) in [6.45, 7) is 4.48. The van der Waals surface area contributed by atoms with E-state index in [-0.39, 0.29) is 0 Å². The maximum absolute atomic E-state index is 5.90. The van der Waals surface area contributed by atoms with Crippen LogP contribution in [0.15, 0.2) is 30.3 Å². The van der Waals surface area contributed by atoms with Gasteiger partial charge in [0.25, 0.3) is 0 Å². The van der Waals surface area contributed by atoms with E-state index in [1.54, 1.807) is 0 Å². The molecule has 0 aromatic heterocycles. The third kappa shape index (κ3) is 3.56. The van der Waals surface area contributed by atoms with Crippen LogP contribution in [0.5, 0.6) is 0 Å². The van der Waals surface area contributed by atoms with E-state index < -0.39 is 0 Å². The van der Waals surface area contributed by atoms with Crippen molar-refractivity contribution in [3.63, 3.8) is 0 Å². The van der Waals surface area contributed by atoms with Crippen LogP contribution in [0.4, 0.5) is 0 Å². The van der Waals surface area contributed by atoms with E-state index in [4.69, 9.17) is 4.74 Å². The zero-order valence-electron chi connectivity index (χ0n) is 10.6. The van der Waals surface area contributed by atoms with Gasteiger partial charge < -0.3 is 4.74 Å². The third-order valence-electron chi connectivity index (χ3n) is 3.57. The summed E-state index contributed by atoms with van der Waals surface area (Å²) in [5, 5.41) is 0. The standard InChI is InChI=1S/C15H21BrO/c1-11(10-14-9-8-12(2)17-14)15(16)13-6-4-3-5-7-13/h3-7,11-12,14-15H,8-10H2,1-2H3. The van der Waals surface area contributed by atoms with Gasteiger partial charge in [0.05, 0.1) is 12.2 Å². The molecule has 1 aliphatic rings. The molecule has 1 fully saturated rings. The molecule has 4 atom stereocenters. The highest BCUT2D eigenvalue weighted by atomic mass is 79.9. The minimum atomic E-state index is 0.434. The largest absolute Gasteiger partial charge is 0.375 e. The van der Waals surface area contributed by atoms with Gasteiger partial charge in [-0.25, -0.2) is 0 Å². The Bertz CT molecular complexity index is 338. The van der Waals surface area contributed by atoms with Gasteiger partial charge in [0.15, 0.2) is 0 Å². The van der Waals surface area contributed by atoms with Gasteiger partial charge in [-0.05, 0) is 37.7 Å². The van der Waals surface area contributed by atoms with Crippen LogP contribution >= 0.6 is 15.9 Å². The molecule has 1 heterocycles. The Morgan fingerprint density at radius 1 is 1.29 bits per heavy atom. The average molecular weight is 297 g/mol. The van der Waals surface area contributed by atoms with Gasteiger partial charge in [-0.2, -0.15) is 0 Å². The quantitative estimate of drug-likeness (QED) is 0.731. The predicted molar refractivity (Wildman–Crippen MR) is 75.5 cm³/mol. The van der Waals surface area contributed by atoms with Gasteiger partial charge in [0.1, 0.15) is 0 Å². The molecule has 0 radical (unpaired) electrons. The molecule has 17 heavy (non-hydrogen) atoms. The van der Waals surface area contributed by atoms with Crippen molar-refractivity contribution in [2.75, 3.05) is 0 Å². The van der Waals surface area contributed by atoms with Gasteiger partial charge in [-0.3, -0.25) is 0 Å². The Morgan fingerprint density at radius 3 is 2.59 bits per heavy atom. The van der Waals surface area contributed by atoms with Crippen LogP contribution in [0, 0.1) is 5.92 Å². The summed E-state index contributed by atoms with van der Waals surface area (Å²) in [6.07, 6.45) is 4.51. The second-order valence-corrected chi connectivity index (χ2v) is 6.16. The predicted octanol–water partition coefficient (Wildman–Crippen LogP) is 4.72. The summed E-state index contributed by atoms with van der Waals surface area (Å²) in [5.74, 6) is 0.604. The fraction of sp³-hybridized carbons (Fsp3) is 0.600. The van der Waals surface area contributed by atoms with Crippen molar-refractivity contribution in [1.29, 1.82) is 0 Å². The van der Waals surface area contributed by atoms with Crippen LogP contribution in [-0.4, -0.2) is 12.2 Å². The Labute approximate surface area is 113 Å². The minimum absolute atomic E-state index is 0.434. The second kappa shape index (κ2) is 6.01. The molecule has 1 nitrogen and oxygen atoms in total. The van der Waals surface area contributed by atoms with Crippen molar-refractivity contribution in [3.05, 3.63) is 35.9 Å². The molecule has 0 bridgehead atoms. The van der Waals surface area contributed by atoms with E-state index in [9.17, 15) is 0 Å². The van der Waals surface area contributed by atoms with E-state index in [1.165, 1.54) is 18.4 Å². The molecule has 1 aromatic rings. The number of hydrogen-bond acceptors (Lipinski definition) is 1. The van der Waals surface area contributed by atoms with Gasteiger partial charge in [-0.15, -0.1) is 0 Å². The van der Waals surface area contributed by atoms with Crippen molar-refractivity contribution in [2.45, 2.75) is 50.1 Å². The smallest absolute Gasteiger partial charge is 0.0582 e. The van der Waals surface area contributed by atoms with E-state index in [1.807, 2.05) is 0 Å². The molecule has 0 saturated carbocycles. The average Bonchev–Trinajstić information content (AvgIpc) is 2.75. The molecule has 2 rings (SSSR count). The Balaban J connectivity index is 1.89. The van der Waals surface area contributed by atoms with Crippen LogP contribution in [0.3, 0.4) is 0 Å². The monoisotopic (exact) mass is 296 g/mol. The molecule has 1 aromatic carbocycles. The van der Waals surface area contributed by atoms with Crippen molar-refractivity contribution in [1.82, 2.24) is 0 Å². The first-order chi connectivity index (χ1) is 8.16. The molecule has 2 heteroatoms. The first-order valence-corrected chi connectivity index (χ1v) is 7.43. The lowest BCUT2D eigenvalue weighted by Crippen LogP contribution is -2.15. The highest BCUT2D eigenvalue weighted by Crippen LogP contribution is 2.36. The highest BCUT2D eigenvalue weighted by molar-refractivity contribution is 9.09. The van der Waals surface area contributed by atoms with E-state index in [0.29, 0.717) is 23.0 Å². The molecule has 1 saturated heterocycles. The fourth-order valence-corrected chi connectivity index (χ4v) is 3.08. The van der Waals surface area contributed by atoms with Gasteiger partial charge >= 0.3 is 0 Å². The number of hydrogen-bond donors (Lipinski definition) is 0. The normalized spacial score (nSPS) is 27.9. The van der Waals surface area contributed by atoms with Gasteiger partial charge in [-0.1, -0.05) is 53.2 Å². The van der Waals surface area contributed by atoms with Crippen LogP contribution in [0.2, 0.25) is 0 Å². The zero-order valence-corrected chi connectivity index (χ0v) is 12.2. The summed E-state index contributed by atoms with van der Waals surface area (Å²) in [6, 6.07) is 10.6. The fourth-order valence-electron chi connectivity index (χ4n) is 2.56. The summed E-state index contributed by atoms with van der Waals surface area (Å²) in [4.78, 5) is 0.434. The molecule has 94 valence electrons. The molecular formula is C15H21BrO. The molecule has 0 aliphatic carbocycles. The Kier molecular flexibility index (Phi) is 4.63. The molecule has 0 N–H and O–H groups in total. The summed E-state index contributed by atoms with van der Waals surface area (Å²) < 4.78 is 5.90. The lowest BCUT2D eigenvalue weighted by Gasteiger charge is -2.22. The first-order valence-electron chi connectivity index (χ1n) is 6.51. The highest BCUT2D eigenvalue weighted by Gasteiger charge is 2.26. The lowest BCUT2D eigenvalue weighted by atomic mass is 9.94. The molecule has 1 aliphatic heterocycles. The van der Waals surface area contributed by atoms with Crippen LogP contribution in [0.25, 0.3) is 0 Å². The number of benzene rings is 1. The molecule has 4 unspecified atom stereocenters. The first kappa shape index (κ1) is 13.1. The zero-order chi connectivity index (χ0) is 12.3. The molecule has 0 amide bonds. The van der Waals surface area contributed by atoms with Crippen molar-refractivity contribution in [2.24, 2.45) is 5.92 Å². The van der Waals surface area contributed by atoms with Crippen molar-refractivity contribution < 1.29 is 4.74 Å². The van der Waals surface area contributed by atoms with Crippen LogP contribution in [0.1, 0.15) is 43.5 Å². The SMILES string of the molecule is CC1CCC(CC(C)C(Br)c2ccccc2)O1.